The highest BCUT2D eigenvalue weighted by Gasteiger charge is 1.89. The van der Waals surface area contributed by atoms with Gasteiger partial charge in [-0.3, -0.25) is 0 Å². The summed E-state index contributed by atoms with van der Waals surface area (Å²) < 4.78 is 0. The van der Waals surface area contributed by atoms with Crippen LogP contribution >= 0.6 is 12.6 Å². The van der Waals surface area contributed by atoms with Crippen LogP contribution in [0, 0.1) is 0 Å². The molecule has 0 saturated carbocycles. The van der Waals surface area contributed by atoms with Crippen molar-refractivity contribution in [1.82, 2.24) is 0 Å². The second-order valence-electron chi connectivity index (χ2n) is 2.02. The minimum atomic E-state index is -1.18. The molecule has 0 radical (unpaired) electrons. The van der Waals surface area contributed by atoms with Crippen LogP contribution < -0.4 is 0 Å². The van der Waals surface area contributed by atoms with E-state index in [1.165, 1.54) is 6.92 Å². The normalized spacial score (nSPS) is 12.3. The van der Waals surface area contributed by atoms with Crippen molar-refractivity contribution in [2.45, 2.75) is 25.7 Å². The smallest absolute Gasteiger partial charge is 0.152 e. The highest BCUT2D eigenvalue weighted by molar-refractivity contribution is 7.80. The van der Waals surface area contributed by atoms with Crippen LogP contribution in [0.4, 0.5) is 0 Å². The molecule has 0 aliphatic carbocycles. The molecule has 0 aromatic rings. The average Bonchev–Trinajstić information content (AvgIpc) is 1.89. The largest absolute Gasteiger partial charge is 0.394 e. The Morgan fingerprint density at radius 3 is 1.64 bits per heavy atom. The van der Waals surface area contributed by atoms with Gasteiger partial charge in [0.15, 0.2) is 6.29 Å². The lowest BCUT2D eigenvalue weighted by molar-refractivity contribution is -0.0403. The van der Waals surface area contributed by atoms with Gasteiger partial charge in [-0.05, 0) is 12.7 Å². The SMILES string of the molecule is CC(O)CO.OC(O)CCS. The van der Waals surface area contributed by atoms with Crippen molar-refractivity contribution in [3.05, 3.63) is 0 Å². The minimum absolute atomic E-state index is 0.139. The Bertz CT molecular complexity index is 67.6. The van der Waals surface area contributed by atoms with Gasteiger partial charge >= 0.3 is 0 Å². The molecule has 1 atom stereocenters. The van der Waals surface area contributed by atoms with Crippen molar-refractivity contribution in [2.75, 3.05) is 12.4 Å². The van der Waals surface area contributed by atoms with Crippen LogP contribution in [0.3, 0.4) is 0 Å². The molecule has 5 heteroatoms. The van der Waals surface area contributed by atoms with Gasteiger partial charge in [0.25, 0.3) is 0 Å². The first-order chi connectivity index (χ1) is 5.04. The Morgan fingerprint density at radius 1 is 1.27 bits per heavy atom. The standard InChI is InChI=1S/C3H8O2S.C3H8O2/c4-3(5)1-2-6;1-3(5)2-4/h3-6H,1-2H2;3-5H,2H2,1H3. The van der Waals surface area contributed by atoms with E-state index in [0.717, 1.165) is 0 Å². The maximum absolute atomic E-state index is 8.11. The molecule has 0 fully saturated rings. The molecule has 70 valence electrons. The zero-order valence-electron chi connectivity index (χ0n) is 6.51. The molecule has 0 saturated heterocycles. The Hall–Kier alpha value is 0.190. The maximum Gasteiger partial charge on any atom is 0.152 e. The molecule has 0 aliphatic rings. The molecular weight excluding hydrogens is 168 g/mol. The summed E-state index contributed by atoms with van der Waals surface area (Å²) in [5.74, 6) is 0.525. The van der Waals surface area contributed by atoms with Gasteiger partial charge < -0.3 is 20.4 Å². The molecule has 0 aromatic heterocycles. The highest BCUT2D eigenvalue weighted by atomic mass is 32.1. The van der Waals surface area contributed by atoms with Crippen LogP contribution in [0.2, 0.25) is 0 Å². The zero-order chi connectivity index (χ0) is 9.28. The summed E-state index contributed by atoms with van der Waals surface area (Å²) >= 11 is 3.74. The Labute approximate surface area is 71.9 Å². The lowest BCUT2D eigenvalue weighted by Crippen LogP contribution is -2.03. The number of thiol groups is 1. The van der Waals surface area contributed by atoms with E-state index < -0.39 is 12.4 Å². The van der Waals surface area contributed by atoms with E-state index >= 15 is 0 Å². The zero-order valence-corrected chi connectivity index (χ0v) is 7.41. The van der Waals surface area contributed by atoms with E-state index in [9.17, 15) is 0 Å². The van der Waals surface area contributed by atoms with Crippen molar-refractivity contribution < 1.29 is 20.4 Å². The summed E-state index contributed by atoms with van der Waals surface area (Å²) in [6, 6.07) is 0. The van der Waals surface area contributed by atoms with Crippen LogP contribution in [0.1, 0.15) is 13.3 Å². The molecule has 0 amide bonds. The number of rotatable bonds is 3. The lowest BCUT2D eigenvalue weighted by atomic mass is 10.5. The molecule has 11 heavy (non-hydrogen) atoms. The average molecular weight is 184 g/mol. The van der Waals surface area contributed by atoms with Crippen LogP contribution in [0.5, 0.6) is 0 Å². The maximum atomic E-state index is 8.11. The fourth-order valence-electron chi connectivity index (χ4n) is 0.115. The van der Waals surface area contributed by atoms with Crippen molar-refractivity contribution in [3.63, 3.8) is 0 Å². The van der Waals surface area contributed by atoms with Crippen molar-refractivity contribution in [2.24, 2.45) is 0 Å². The summed E-state index contributed by atoms with van der Waals surface area (Å²) in [5, 5.41) is 32.1. The minimum Gasteiger partial charge on any atom is -0.394 e. The molecule has 0 heterocycles. The molecule has 0 bridgehead atoms. The second-order valence-corrected chi connectivity index (χ2v) is 2.47. The van der Waals surface area contributed by atoms with Gasteiger partial charge in [-0.15, -0.1) is 0 Å². The van der Waals surface area contributed by atoms with Gasteiger partial charge in [0.05, 0.1) is 12.7 Å². The van der Waals surface area contributed by atoms with E-state index in [4.69, 9.17) is 20.4 Å². The molecule has 0 rings (SSSR count). The van der Waals surface area contributed by atoms with Crippen molar-refractivity contribution in [3.8, 4) is 0 Å². The van der Waals surface area contributed by atoms with Crippen LogP contribution in [-0.2, 0) is 0 Å². The first kappa shape index (κ1) is 13.8. The van der Waals surface area contributed by atoms with Gasteiger partial charge in [0, 0.05) is 6.42 Å². The summed E-state index contributed by atoms with van der Waals surface area (Å²) in [6.07, 6.45) is -1.39. The van der Waals surface area contributed by atoms with E-state index in [1.54, 1.807) is 0 Å². The van der Waals surface area contributed by atoms with E-state index in [1.807, 2.05) is 0 Å². The van der Waals surface area contributed by atoms with Crippen LogP contribution in [0.15, 0.2) is 0 Å². The van der Waals surface area contributed by atoms with E-state index in [0.29, 0.717) is 12.2 Å². The predicted molar refractivity (Wildman–Crippen MR) is 45.5 cm³/mol. The van der Waals surface area contributed by atoms with Gasteiger partial charge in [-0.2, -0.15) is 12.6 Å². The molecule has 1 unspecified atom stereocenters. The lowest BCUT2D eigenvalue weighted by Gasteiger charge is -1.94. The summed E-state index contributed by atoms with van der Waals surface area (Å²) in [6.45, 7) is 1.39. The third-order valence-electron chi connectivity index (χ3n) is 0.652. The first-order valence-electron chi connectivity index (χ1n) is 3.30. The van der Waals surface area contributed by atoms with E-state index in [-0.39, 0.29) is 6.61 Å². The molecule has 0 spiro atoms. The van der Waals surface area contributed by atoms with Gasteiger partial charge in [-0.25, -0.2) is 0 Å². The third-order valence-corrected chi connectivity index (χ3v) is 0.910. The topological polar surface area (TPSA) is 80.9 Å². The molecule has 0 aromatic carbocycles. The highest BCUT2D eigenvalue weighted by Crippen LogP contribution is 1.85. The number of aliphatic hydroxyl groups excluding tert-OH is 3. The summed E-state index contributed by atoms with van der Waals surface area (Å²) in [4.78, 5) is 0. The molecule has 0 aliphatic heterocycles. The number of hydrogen-bond acceptors (Lipinski definition) is 5. The molecule has 4 nitrogen and oxygen atoms in total. The quantitative estimate of drug-likeness (QED) is 0.287. The fourth-order valence-corrected chi connectivity index (χ4v) is 0.346. The number of aliphatic hydroxyl groups is 4. The third kappa shape index (κ3) is 25.4. The van der Waals surface area contributed by atoms with Crippen molar-refractivity contribution in [1.29, 1.82) is 0 Å². The van der Waals surface area contributed by atoms with Crippen LogP contribution in [-0.4, -0.2) is 45.2 Å². The Balaban J connectivity index is 0. The number of hydrogen-bond donors (Lipinski definition) is 5. The second kappa shape index (κ2) is 10.2. The fraction of sp³-hybridized carbons (Fsp3) is 1.00. The summed E-state index contributed by atoms with van der Waals surface area (Å²) in [5.41, 5.74) is 0. The van der Waals surface area contributed by atoms with Gasteiger partial charge in [0.2, 0.25) is 0 Å². The van der Waals surface area contributed by atoms with Crippen LogP contribution in [0.25, 0.3) is 0 Å². The molecular formula is C6H16O4S. The van der Waals surface area contributed by atoms with Crippen molar-refractivity contribution >= 4 is 12.6 Å². The predicted octanol–water partition coefficient (Wildman–Crippen LogP) is -1.02. The molecule has 4 N–H and O–H groups in total. The monoisotopic (exact) mass is 184 g/mol. The Kier molecular flexibility index (Phi) is 12.7. The first-order valence-corrected chi connectivity index (χ1v) is 3.93. The Morgan fingerprint density at radius 2 is 1.64 bits per heavy atom. The summed E-state index contributed by atoms with van der Waals surface area (Å²) in [7, 11) is 0. The van der Waals surface area contributed by atoms with Gasteiger partial charge in [-0.1, -0.05) is 0 Å². The van der Waals surface area contributed by atoms with Gasteiger partial charge in [0.1, 0.15) is 0 Å². The van der Waals surface area contributed by atoms with E-state index in [2.05, 4.69) is 12.6 Å².